The molecule has 1 heterocycles. The van der Waals surface area contributed by atoms with Crippen molar-refractivity contribution in [2.45, 2.75) is 12.5 Å². The van der Waals surface area contributed by atoms with Gasteiger partial charge in [-0.1, -0.05) is 0 Å². The molecule has 0 saturated heterocycles. The molecule has 84 valence electrons. The quantitative estimate of drug-likeness (QED) is 0.630. The second kappa shape index (κ2) is 4.90. The minimum absolute atomic E-state index is 0.179. The fourth-order valence-electron chi connectivity index (χ4n) is 1.23. The van der Waals surface area contributed by atoms with Gasteiger partial charge in [0.15, 0.2) is 5.69 Å². The molecule has 0 saturated carbocycles. The molecule has 0 spiro atoms. The molecule has 0 amide bonds. The highest BCUT2D eigenvalue weighted by molar-refractivity contribution is 5.87. The summed E-state index contributed by atoms with van der Waals surface area (Å²) in [5.74, 6) is -0.487. The molecular formula is C9H15N3O3. The summed E-state index contributed by atoms with van der Waals surface area (Å²) < 4.78 is 6.07. The van der Waals surface area contributed by atoms with E-state index in [-0.39, 0.29) is 12.2 Å². The highest BCUT2D eigenvalue weighted by atomic mass is 16.5. The van der Waals surface area contributed by atoms with Crippen molar-refractivity contribution in [3.8, 4) is 0 Å². The number of carbonyl (C=O) groups excluding carboxylic acids is 1. The average Bonchev–Trinajstić information content (AvgIpc) is 2.59. The third-order valence-electron chi connectivity index (χ3n) is 2.09. The summed E-state index contributed by atoms with van der Waals surface area (Å²) in [6.07, 6.45) is -0.248. The van der Waals surface area contributed by atoms with Crippen LogP contribution in [0.3, 0.4) is 0 Å². The van der Waals surface area contributed by atoms with E-state index in [2.05, 4.69) is 9.84 Å². The van der Waals surface area contributed by atoms with Crippen LogP contribution in [0.5, 0.6) is 0 Å². The molecule has 3 N–H and O–H groups in total. The Hall–Kier alpha value is -1.40. The van der Waals surface area contributed by atoms with Crippen molar-refractivity contribution < 1.29 is 14.6 Å². The third-order valence-corrected chi connectivity index (χ3v) is 2.09. The first-order chi connectivity index (χ1) is 7.08. The predicted molar refractivity (Wildman–Crippen MR) is 53.3 cm³/mol. The Bertz CT molecular complexity index is 348. The van der Waals surface area contributed by atoms with Crippen molar-refractivity contribution in [1.82, 2.24) is 9.78 Å². The van der Waals surface area contributed by atoms with Crippen LogP contribution in [0.1, 0.15) is 16.2 Å². The molecule has 6 heteroatoms. The molecule has 0 bridgehead atoms. The second-order valence-electron chi connectivity index (χ2n) is 3.23. The summed E-state index contributed by atoms with van der Waals surface area (Å²) in [5, 5.41) is 13.3. The first-order valence-electron chi connectivity index (χ1n) is 4.57. The molecule has 1 unspecified atom stereocenters. The van der Waals surface area contributed by atoms with Gasteiger partial charge in [0.2, 0.25) is 0 Å². The maximum Gasteiger partial charge on any atom is 0.358 e. The molecule has 0 aliphatic carbocycles. The normalized spacial score (nSPS) is 12.5. The SMILES string of the molecule is COC(=O)c1cc(CC(O)CN)n(C)n1. The number of aliphatic hydroxyl groups is 1. The van der Waals surface area contributed by atoms with Gasteiger partial charge >= 0.3 is 5.97 Å². The van der Waals surface area contributed by atoms with Crippen LogP contribution in [0.2, 0.25) is 0 Å². The fraction of sp³-hybridized carbons (Fsp3) is 0.556. The van der Waals surface area contributed by atoms with E-state index in [1.54, 1.807) is 13.1 Å². The minimum atomic E-state index is -0.620. The molecule has 1 aromatic rings. The van der Waals surface area contributed by atoms with Gasteiger partial charge in [0.05, 0.1) is 13.2 Å². The number of hydrogen-bond donors (Lipinski definition) is 2. The monoisotopic (exact) mass is 213 g/mol. The zero-order chi connectivity index (χ0) is 11.4. The van der Waals surface area contributed by atoms with Crippen molar-refractivity contribution in [1.29, 1.82) is 0 Å². The van der Waals surface area contributed by atoms with Gasteiger partial charge in [-0.25, -0.2) is 4.79 Å². The molecule has 0 aromatic carbocycles. The molecule has 0 aliphatic rings. The van der Waals surface area contributed by atoms with Crippen molar-refractivity contribution in [2.24, 2.45) is 12.8 Å². The van der Waals surface area contributed by atoms with E-state index in [4.69, 9.17) is 5.73 Å². The van der Waals surface area contributed by atoms with Crippen molar-refractivity contribution in [3.63, 3.8) is 0 Å². The van der Waals surface area contributed by atoms with Gasteiger partial charge < -0.3 is 15.6 Å². The second-order valence-corrected chi connectivity index (χ2v) is 3.23. The predicted octanol–water partition coefficient (Wildman–Crippen LogP) is -0.931. The zero-order valence-corrected chi connectivity index (χ0v) is 8.80. The number of carbonyl (C=O) groups is 1. The van der Waals surface area contributed by atoms with Crippen molar-refractivity contribution in [2.75, 3.05) is 13.7 Å². The summed E-state index contributed by atoms with van der Waals surface area (Å²) in [4.78, 5) is 11.1. The Labute approximate surface area is 87.6 Å². The lowest BCUT2D eigenvalue weighted by Crippen LogP contribution is -2.23. The van der Waals surface area contributed by atoms with Crippen LogP contribution in [-0.4, -0.2) is 40.6 Å². The number of hydrogen-bond acceptors (Lipinski definition) is 5. The van der Waals surface area contributed by atoms with E-state index in [9.17, 15) is 9.90 Å². The number of methoxy groups -OCH3 is 1. The third kappa shape index (κ3) is 2.77. The van der Waals surface area contributed by atoms with Crippen molar-refractivity contribution in [3.05, 3.63) is 17.5 Å². The van der Waals surface area contributed by atoms with Gasteiger partial charge in [-0.3, -0.25) is 4.68 Å². The Morgan fingerprint density at radius 1 is 1.80 bits per heavy atom. The van der Waals surface area contributed by atoms with E-state index in [0.29, 0.717) is 6.42 Å². The molecule has 0 radical (unpaired) electrons. The molecular weight excluding hydrogens is 198 g/mol. The minimum Gasteiger partial charge on any atom is -0.464 e. The molecule has 0 aliphatic heterocycles. The largest absolute Gasteiger partial charge is 0.464 e. The topological polar surface area (TPSA) is 90.4 Å². The maximum absolute atomic E-state index is 11.1. The Morgan fingerprint density at radius 2 is 2.47 bits per heavy atom. The number of nitrogens with two attached hydrogens (primary N) is 1. The van der Waals surface area contributed by atoms with Crippen LogP contribution >= 0.6 is 0 Å². The summed E-state index contributed by atoms with van der Waals surface area (Å²) in [5.41, 5.74) is 6.27. The van der Waals surface area contributed by atoms with E-state index >= 15 is 0 Å². The standard InChI is InChI=1S/C9H15N3O3/c1-12-6(3-7(13)5-10)4-8(11-12)9(14)15-2/h4,7,13H,3,5,10H2,1-2H3. The van der Waals surface area contributed by atoms with Gasteiger partial charge in [-0.2, -0.15) is 5.10 Å². The molecule has 1 atom stereocenters. The number of nitrogens with zero attached hydrogens (tertiary/aromatic N) is 2. The summed E-state index contributed by atoms with van der Waals surface area (Å²) >= 11 is 0. The Balaban J connectivity index is 2.82. The van der Waals surface area contributed by atoms with Crippen LogP contribution in [0, 0.1) is 0 Å². The highest BCUT2D eigenvalue weighted by Gasteiger charge is 2.14. The number of rotatable bonds is 4. The first kappa shape index (κ1) is 11.7. The van der Waals surface area contributed by atoms with E-state index in [1.165, 1.54) is 11.8 Å². The van der Waals surface area contributed by atoms with Gasteiger partial charge in [-0.15, -0.1) is 0 Å². The van der Waals surface area contributed by atoms with E-state index < -0.39 is 12.1 Å². The van der Waals surface area contributed by atoms with Gasteiger partial charge in [0.25, 0.3) is 0 Å². The Morgan fingerprint density at radius 3 is 3.00 bits per heavy atom. The lowest BCUT2D eigenvalue weighted by atomic mass is 10.2. The van der Waals surface area contributed by atoms with Crippen LogP contribution in [-0.2, 0) is 18.2 Å². The van der Waals surface area contributed by atoms with Crippen LogP contribution in [0.25, 0.3) is 0 Å². The van der Waals surface area contributed by atoms with Crippen molar-refractivity contribution >= 4 is 5.97 Å². The van der Waals surface area contributed by atoms with Gasteiger partial charge in [0, 0.05) is 25.7 Å². The van der Waals surface area contributed by atoms with Crippen LogP contribution < -0.4 is 5.73 Å². The number of ether oxygens (including phenoxy) is 1. The lowest BCUT2D eigenvalue weighted by molar-refractivity contribution is 0.0593. The molecule has 0 fully saturated rings. The molecule has 1 aromatic heterocycles. The molecule has 1 rings (SSSR count). The molecule has 15 heavy (non-hydrogen) atoms. The number of aryl methyl sites for hydroxylation is 1. The first-order valence-corrected chi connectivity index (χ1v) is 4.57. The van der Waals surface area contributed by atoms with Crippen LogP contribution in [0.15, 0.2) is 6.07 Å². The van der Waals surface area contributed by atoms with E-state index in [0.717, 1.165) is 5.69 Å². The van der Waals surface area contributed by atoms with Gasteiger partial charge in [-0.05, 0) is 6.07 Å². The summed E-state index contributed by atoms with van der Waals surface area (Å²) in [7, 11) is 3.00. The number of aliphatic hydroxyl groups excluding tert-OH is 1. The zero-order valence-electron chi connectivity index (χ0n) is 8.80. The van der Waals surface area contributed by atoms with E-state index in [1.807, 2.05) is 0 Å². The highest BCUT2D eigenvalue weighted by Crippen LogP contribution is 2.06. The van der Waals surface area contributed by atoms with Crippen LogP contribution in [0.4, 0.5) is 0 Å². The Kier molecular flexibility index (Phi) is 3.81. The number of esters is 1. The average molecular weight is 213 g/mol. The smallest absolute Gasteiger partial charge is 0.358 e. The lowest BCUT2D eigenvalue weighted by Gasteiger charge is -2.06. The van der Waals surface area contributed by atoms with Gasteiger partial charge in [0.1, 0.15) is 0 Å². The maximum atomic E-state index is 11.1. The summed E-state index contributed by atoms with van der Waals surface area (Å²) in [6, 6.07) is 1.59. The number of aromatic nitrogens is 2. The fourth-order valence-corrected chi connectivity index (χ4v) is 1.23. The molecule has 6 nitrogen and oxygen atoms in total. The summed E-state index contributed by atoms with van der Waals surface area (Å²) in [6.45, 7) is 0.179.